The van der Waals surface area contributed by atoms with Crippen LogP contribution in [0.15, 0.2) is 17.8 Å². The lowest BCUT2D eigenvalue weighted by Gasteiger charge is -2.19. The zero-order valence-electron chi connectivity index (χ0n) is 12.3. The largest absolute Gasteiger partial charge is 0.491 e. The zero-order chi connectivity index (χ0) is 15.1. The van der Waals surface area contributed by atoms with Gasteiger partial charge in [-0.25, -0.2) is 0 Å². The maximum absolute atomic E-state index is 12.0. The number of aryl methyl sites for hydroxylation is 1. The Hall–Kier alpha value is -2.09. The van der Waals surface area contributed by atoms with Gasteiger partial charge >= 0.3 is 0 Å². The lowest BCUT2D eigenvalue weighted by atomic mass is 10.3. The predicted octanol–water partition coefficient (Wildman–Crippen LogP) is 0.209. The number of aromatic nitrogens is 3. The van der Waals surface area contributed by atoms with E-state index in [9.17, 15) is 4.79 Å². The van der Waals surface area contributed by atoms with Crippen molar-refractivity contribution in [2.75, 3.05) is 26.9 Å². The third-order valence-electron chi connectivity index (χ3n) is 3.02. The maximum Gasteiger partial charge on any atom is 0.290 e. The van der Waals surface area contributed by atoms with Gasteiger partial charge in [-0.3, -0.25) is 4.79 Å². The van der Waals surface area contributed by atoms with Gasteiger partial charge in [0.15, 0.2) is 5.82 Å². The molecule has 1 aromatic rings. The fraction of sp³-hybridized carbons (Fsp3) is 0.615. The lowest BCUT2D eigenvalue weighted by Crippen LogP contribution is -2.30. The number of nitrogens with one attached hydrogen (secondary N) is 1. The van der Waals surface area contributed by atoms with Crippen molar-refractivity contribution in [3.8, 4) is 0 Å². The second-order valence-corrected chi connectivity index (χ2v) is 4.55. The first-order valence-electron chi connectivity index (χ1n) is 6.82. The quantitative estimate of drug-likeness (QED) is 0.724. The van der Waals surface area contributed by atoms with Crippen LogP contribution in [-0.2, 0) is 32.1 Å². The van der Waals surface area contributed by atoms with E-state index in [-0.39, 0.29) is 18.2 Å². The smallest absolute Gasteiger partial charge is 0.290 e. The summed E-state index contributed by atoms with van der Waals surface area (Å²) in [5, 5.41) is 10.6. The van der Waals surface area contributed by atoms with E-state index in [4.69, 9.17) is 14.2 Å². The molecule has 2 heterocycles. The fourth-order valence-electron chi connectivity index (χ4n) is 1.95. The summed E-state index contributed by atoms with van der Waals surface area (Å²) >= 11 is 0. The van der Waals surface area contributed by atoms with Crippen molar-refractivity contribution < 1.29 is 19.0 Å². The number of nitrogens with zero attached hydrogens (tertiary/aromatic N) is 3. The Balaban J connectivity index is 1.88. The molecule has 0 bridgehead atoms. The highest BCUT2D eigenvalue weighted by Gasteiger charge is 2.20. The molecule has 0 saturated heterocycles. The maximum atomic E-state index is 12.0. The molecule has 0 radical (unpaired) electrons. The van der Waals surface area contributed by atoms with Gasteiger partial charge in [0.05, 0.1) is 6.54 Å². The van der Waals surface area contributed by atoms with Crippen LogP contribution in [0.1, 0.15) is 19.2 Å². The van der Waals surface area contributed by atoms with E-state index in [1.54, 1.807) is 20.4 Å². The van der Waals surface area contributed by atoms with Crippen LogP contribution >= 0.6 is 0 Å². The van der Waals surface area contributed by atoms with Crippen molar-refractivity contribution in [2.45, 2.75) is 26.4 Å². The average Bonchev–Trinajstić information content (AvgIpc) is 2.93. The van der Waals surface area contributed by atoms with E-state index in [0.717, 1.165) is 13.0 Å². The molecule has 8 heteroatoms. The summed E-state index contributed by atoms with van der Waals surface area (Å²) in [5.74, 6) is 1.11. The van der Waals surface area contributed by atoms with Crippen LogP contribution in [0, 0.1) is 0 Å². The molecule has 8 nitrogen and oxygen atoms in total. The topological polar surface area (TPSA) is 87.5 Å². The molecule has 0 fully saturated rings. The molecule has 2 rings (SSSR count). The first kappa shape index (κ1) is 15.3. The van der Waals surface area contributed by atoms with Crippen LogP contribution in [0.5, 0.6) is 0 Å². The Labute approximate surface area is 123 Å². The molecule has 0 saturated carbocycles. The number of allylic oxidation sites excluding steroid dienone is 1. The lowest BCUT2D eigenvalue weighted by molar-refractivity contribution is -0.122. The van der Waals surface area contributed by atoms with Gasteiger partial charge in [-0.1, -0.05) is 0 Å². The van der Waals surface area contributed by atoms with Gasteiger partial charge in [-0.15, -0.1) is 10.2 Å². The molecule has 0 spiro atoms. The number of rotatable bonds is 7. The molecule has 0 unspecified atom stereocenters. The Morgan fingerprint density at radius 1 is 1.48 bits per heavy atom. The molecule has 21 heavy (non-hydrogen) atoms. The summed E-state index contributed by atoms with van der Waals surface area (Å²) in [6.07, 6.45) is 2.50. The molecular weight excluding hydrogens is 276 g/mol. The highest BCUT2D eigenvalue weighted by Crippen LogP contribution is 2.12. The van der Waals surface area contributed by atoms with Crippen LogP contribution in [0.25, 0.3) is 0 Å². The number of hydrogen-bond acceptors (Lipinski definition) is 6. The van der Waals surface area contributed by atoms with Crippen molar-refractivity contribution in [3.05, 3.63) is 23.7 Å². The van der Waals surface area contributed by atoms with E-state index in [2.05, 4.69) is 15.5 Å². The molecule has 1 amide bonds. The molecule has 0 aromatic carbocycles. The predicted molar refractivity (Wildman–Crippen MR) is 73.0 cm³/mol. The zero-order valence-corrected chi connectivity index (χ0v) is 12.3. The summed E-state index contributed by atoms with van der Waals surface area (Å²) < 4.78 is 17.5. The van der Waals surface area contributed by atoms with E-state index in [0.29, 0.717) is 31.4 Å². The number of carbonyl (C=O) groups excluding carboxylic acids is 1. The molecule has 1 N–H and O–H groups in total. The minimum Gasteiger partial charge on any atom is -0.491 e. The molecule has 1 aliphatic rings. The summed E-state index contributed by atoms with van der Waals surface area (Å²) in [5.41, 5.74) is 0. The molecule has 0 atom stereocenters. The van der Waals surface area contributed by atoms with Crippen molar-refractivity contribution in [2.24, 2.45) is 0 Å². The second kappa shape index (κ2) is 7.63. The van der Waals surface area contributed by atoms with Crippen LogP contribution in [0.4, 0.5) is 0 Å². The minimum atomic E-state index is -0.307. The van der Waals surface area contributed by atoms with Crippen LogP contribution in [-0.4, -0.2) is 47.6 Å². The van der Waals surface area contributed by atoms with Crippen molar-refractivity contribution >= 4 is 5.91 Å². The molecular formula is C13H20N4O4. The number of hydrogen-bond donors (Lipinski definition) is 1. The fourth-order valence-corrected chi connectivity index (χ4v) is 1.95. The first-order valence-corrected chi connectivity index (χ1v) is 6.82. The highest BCUT2D eigenvalue weighted by atomic mass is 16.6. The van der Waals surface area contributed by atoms with Crippen molar-refractivity contribution in [1.29, 1.82) is 0 Å². The summed E-state index contributed by atoms with van der Waals surface area (Å²) in [6, 6.07) is 0. The van der Waals surface area contributed by atoms with Crippen LogP contribution in [0.2, 0.25) is 0 Å². The Bertz CT molecular complexity index is 512. The summed E-state index contributed by atoms with van der Waals surface area (Å²) in [6.45, 7) is 4.26. The van der Waals surface area contributed by atoms with Gasteiger partial charge in [0.25, 0.3) is 5.91 Å². The van der Waals surface area contributed by atoms with Gasteiger partial charge in [-0.2, -0.15) is 0 Å². The number of amides is 1. The van der Waals surface area contributed by atoms with Gasteiger partial charge < -0.3 is 24.1 Å². The molecule has 1 aromatic heterocycles. The Morgan fingerprint density at radius 2 is 2.29 bits per heavy atom. The van der Waals surface area contributed by atoms with Gasteiger partial charge in [0.1, 0.15) is 25.3 Å². The van der Waals surface area contributed by atoms with Crippen molar-refractivity contribution in [1.82, 2.24) is 20.1 Å². The summed E-state index contributed by atoms with van der Waals surface area (Å²) in [4.78, 5) is 12.0. The standard InChI is InChI=1S/C13H20N4O4/c1-10-12(21-7-6-20-10)13(18)14-8-11-16-15-9-17(11)4-3-5-19-2/h9H,3-8H2,1-2H3,(H,14,18). The van der Waals surface area contributed by atoms with E-state index < -0.39 is 0 Å². The van der Waals surface area contributed by atoms with Gasteiger partial charge in [0, 0.05) is 20.3 Å². The minimum absolute atomic E-state index is 0.228. The number of ether oxygens (including phenoxy) is 3. The summed E-state index contributed by atoms with van der Waals surface area (Å²) in [7, 11) is 1.66. The third-order valence-corrected chi connectivity index (χ3v) is 3.02. The van der Waals surface area contributed by atoms with E-state index in [1.807, 2.05) is 4.57 Å². The molecule has 0 aliphatic carbocycles. The SMILES string of the molecule is COCCCn1cnnc1CNC(=O)C1=C(C)OCCO1. The second-order valence-electron chi connectivity index (χ2n) is 4.55. The van der Waals surface area contributed by atoms with E-state index in [1.165, 1.54) is 0 Å². The monoisotopic (exact) mass is 296 g/mol. The Kier molecular flexibility index (Phi) is 5.56. The first-order chi connectivity index (χ1) is 10.2. The molecule has 116 valence electrons. The van der Waals surface area contributed by atoms with Crippen LogP contribution in [0.3, 0.4) is 0 Å². The molecule has 1 aliphatic heterocycles. The highest BCUT2D eigenvalue weighted by molar-refractivity contribution is 5.91. The van der Waals surface area contributed by atoms with Crippen molar-refractivity contribution in [3.63, 3.8) is 0 Å². The Morgan fingerprint density at radius 3 is 3.05 bits per heavy atom. The van der Waals surface area contributed by atoms with Crippen LogP contribution < -0.4 is 5.32 Å². The number of carbonyl (C=O) groups is 1. The average molecular weight is 296 g/mol. The number of methoxy groups -OCH3 is 1. The third kappa shape index (κ3) is 4.19. The van der Waals surface area contributed by atoms with E-state index >= 15 is 0 Å². The van der Waals surface area contributed by atoms with Gasteiger partial charge in [0.2, 0.25) is 5.76 Å². The van der Waals surface area contributed by atoms with Gasteiger partial charge in [-0.05, 0) is 13.3 Å². The normalized spacial score (nSPS) is 14.6.